The van der Waals surface area contributed by atoms with Gasteiger partial charge < -0.3 is 4.90 Å². The first-order chi connectivity index (χ1) is 12.1. The average molecular weight is 371 g/mol. The molecule has 2 heterocycles. The number of carbonyl (C=O) groups is 1. The molecule has 1 aliphatic heterocycles. The van der Waals surface area contributed by atoms with Crippen molar-refractivity contribution in [1.29, 1.82) is 0 Å². The van der Waals surface area contributed by atoms with Gasteiger partial charge in [0.2, 0.25) is 0 Å². The molecule has 0 aliphatic carbocycles. The van der Waals surface area contributed by atoms with Gasteiger partial charge in [0.25, 0.3) is 0 Å². The zero-order chi connectivity index (χ0) is 17.4. The van der Waals surface area contributed by atoms with Crippen molar-refractivity contribution in [3.63, 3.8) is 0 Å². The molecule has 4 rings (SSSR count). The third kappa shape index (κ3) is 3.22. The normalized spacial score (nSPS) is 15.0. The minimum atomic E-state index is 0.333. The monoisotopic (exact) mass is 370 g/mol. The van der Waals surface area contributed by atoms with E-state index in [1.807, 2.05) is 30.3 Å². The Kier molecular flexibility index (Phi) is 4.36. The van der Waals surface area contributed by atoms with Crippen LogP contribution in [0, 0.1) is 0 Å². The van der Waals surface area contributed by atoms with Gasteiger partial charge in [-0.1, -0.05) is 47.5 Å². The number of carbonyl (C=O) groups excluding carboxylic acids is 1. The van der Waals surface area contributed by atoms with E-state index in [9.17, 15) is 4.79 Å². The molecule has 1 aromatic heterocycles. The van der Waals surface area contributed by atoms with Gasteiger partial charge in [-0.2, -0.15) is 0 Å². The maximum atomic E-state index is 11.6. The molecule has 5 heteroatoms. The molecule has 0 N–H and O–H groups in total. The molecule has 0 bridgehead atoms. The first-order valence-corrected chi connectivity index (χ1v) is 8.99. The Morgan fingerprint density at radius 2 is 1.68 bits per heavy atom. The summed E-state index contributed by atoms with van der Waals surface area (Å²) in [5.74, 6) is 0.333. The first kappa shape index (κ1) is 16.4. The zero-order valence-corrected chi connectivity index (χ0v) is 15.0. The number of pyridine rings is 1. The minimum absolute atomic E-state index is 0.333. The molecule has 0 amide bonds. The van der Waals surface area contributed by atoms with Crippen LogP contribution in [-0.4, -0.2) is 23.9 Å². The van der Waals surface area contributed by atoms with E-state index in [-0.39, 0.29) is 0 Å². The number of para-hydroxylation sites is 1. The van der Waals surface area contributed by atoms with E-state index in [0.29, 0.717) is 28.7 Å². The summed E-state index contributed by atoms with van der Waals surface area (Å²) in [6.45, 7) is 1.49. The van der Waals surface area contributed by atoms with Crippen LogP contribution in [0.3, 0.4) is 0 Å². The average Bonchev–Trinajstić information content (AvgIpc) is 2.64. The second kappa shape index (κ2) is 6.66. The molecule has 3 aromatic rings. The van der Waals surface area contributed by atoms with Gasteiger partial charge in [0, 0.05) is 42.6 Å². The zero-order valence-electron chi connectivity index (χ0n) is 13.5. The largest absolute Gasteiger partial charge is 0.370 e. The number of rotatable bonds is 2. The Hall–Kier alpha value is -2.10. The number of anilines is 1. The second-order valence-corrected chi connectivity index (χ2v) is 7.01. The van der Waals surface area contributed by atoms with Crippen LogP contribution < -0.4 is 4.90 Å². The smallest absolute Gasteiger partial charge is 0.136 e. The van der Waals surface area contributed by atoms with Crippen LogP contribution in [0.1, 0.15) is 12.8 Å². The van der Waals surface area contributed by atoms with Crippen molar-refractivity contribution in [3.05, 3.63) is 58.6 Å². The van der Waals surface area contributed by atoms with E-state index < -0.39 is 0 Å². The van der Waals surface area contributed by atoms with Gasteiger partial charge in [0.05, 0.1) is 21.3 Å². The van der Waals surface area contributed by atoms with Crippen molar-refractivity contribution in [3.8, 4) is 11.3 Å². The number of nitrogens with zero attached hydrogens (tertiary/aromatic N) is 2. The molecule has 0 atom stereocenters. The molecule has 126 valence electrons. The van der Waals surface area contributed by atoms with Gasteiger partial charge in [0.15, 0.2) is 0 Å². The van der Waals surface area contributed by atoms with Crippen LogP contribution in [0.25, 0.3) is 22.2 Å². The van der Waals surface area contributed by atoms with E-state index in [1.54, 1.807) is 6.07 Å². The van der Waals surface area contributed by atoms with Crippen LogP contribution in [0.4, 0.5) is 5.69 Å². The van der Waals surface area contributed by atoms with Gasteiger partial charge >= 0.3 is 0 Å². The van der Waals surface area contributed by atoms with Gasteiger partial charge in [0.1, 0.15) is 5.78 Å². The predicted molar refractivity (Wildman–Crippen MR) is 104 cm³/mol. The lowest BCUT2D eigenvalue weighted by atomic mass is 10.0. The van der Waals surface area contributed by atoms with E-state index in [0.717, 1.165) is 40.9 Å². The molecule has 1 saturated heterocycles. The number of hydrogen-bond donors (Lipinski definition) is 0. The lowest BCUT2D eigenvalue weighted by Gasteiger charge is -2.29. The van der Waals surface area contributed by atoms with Crippen molar-refractivity contribution < 1.29 is 4.79 Å². The highest BCUT2D eigenvalue weighted by Gasteiger charge is 2.19. The highest BCUT2D eigenvalue weighted by molar-refractivity contribution is 6.42. The fraction of sp³-hybridized carbons (Fsp3) is 0.200. The topological polar surface area (TPSA) is 33.2 Å². The number of Topliss-reactive ketones (excluding diaryl/α,β-unsaturated/α-hetero) is 1. The van der Waals surface area contributed by atoms with Crippen LogP contribution in [0.15, 0.2) is 48.5 Å². The molecule has 0 radical (unpaired) electrons. The van der Waals surface area contributed by atoms with E-state index in [1.165, 1.54) is 0 Å². The number of benzene rings is 2. The highest BCUT2D eigenvalue weighted by Crippen LogP contribution is 2.34. The number of ketones is 1. The number of fused-ring (bicyclic) bond motifs is 1. The summed E-state index contributed by atoms with van der Waals surface area (Å²) >= 11 is 12.2. The lowest BCUT2D eigenvalue weighted by Crippen LogP contribution is -2.33. The summed E-state index contributed by atoms with van der Waals surface area (Å²) < 4.78 is 0. The lowest BCUT2D eigenvalue weighted by molar-refractivity contribution is -0.119. The predicted octanol–water partition coefficient (Wildman–Crippen LogP) is 5.38. The molecule has 2 aromatic carbocycles. The molecular weight excluding hydrogens is 355 g/mol. The Morgan fingerprint density at radius 1 is 0.920 bits per heavy atom. The van der Waals surface area contributed by atoms with E-state index in [2.05, 4.69) is 17.0 Å². The second-order valence-electron chi connectivity index (χ2n) is 6.20. The van der Waals surface area contributed by atoms with Gasteiger partial charge in [-0.15, -0.1) is 0 Å². The maximum Gasteiger partial charge on any atom is 0.136 e. The van der Waals surface area contributed by atoms with Crippen molar-refractivity contribution in [2.24, 2.45) is 0 Å². The number of hydrogen-bond acceptors (Lipinski definition) is 3. The summed E-state index contributed by atoms with van der Waals surface area (Å²) in [5.41, 5.74) is 3.82. The molecule has 25 heavy (non-hydrogen) atoms. The fourth-order valence-electron chi connectivity index (χ4n) is 3.22. The van der Waals surface area contributed by atoms with E-state index >= 15 is 0 Å². The molecular formula is C20H16Cl2N2O. The SMILES string of the molecule is O=C1CCN(c2cc(-c3ccc(Cl)c(Cl)c3)nc3ccccc23)CC1. The fourth-order valence-corrected chi connectivity index (χ4v) is 3.52. The van der Waals surface area contributed by atoms with Crippen LogP contribution >= 0.6 is 23.2 Å². The van der Waals surface area contributed by atoms with Crippen LogP contribution in [0.5, 0.6) is 0 Å². The Bertz CT molecular complexity index is 961. The molecule has 1 aliphatic rings. The Balaban J connectivity index is 1.86. The standard InChI is InChI=1S/C20H16Cl2N2O/c21-16-6-5-13(11-17(16)22)19-12-20(24-9-7-14(25)8-10-24)15-3-1-2-4-18(15)23-19/h1-6,11-12H,7-10H2. The Labute approximate surface area is 156 Å². The summed E-state index contributed by atoms with van der Waals surface area (Å²) in [6, 6.07) is 15.7. The van der Waals surface area contributed by atoms with Gasteiger partial charge in [-0.25, -0.2) is 4.98 Å². The van der Waals surface area contributed by atoms with Crippen LogP contribution in [0.2, 0.25) is 10.0 Å². The Morgan fingerprint density at radius 3 is 2.44 bits per heavy atom. The van der Waals surface area contributed by atoms with Crippen molar-refractivity contribution >= 4 is 45.6 Å². The van der Waals surface area contributed by atoms with Crippen molar-refractivity contribution in [1.82, 2.24) is 4.98 Å². The molecule has 0 spiro atoms. The van der Waals surface area contributed by atoms with Crippen LogP contribution in [-0.2, 0) is 4.79 Å². The number of halogens is 2. The third-order valence-electron chi connectivity index (χ3n) is 4.57. The van der Waals surface area contributed by atoms with Crippen molar-refractivity contribution in [2.45, 2.75) is 12.8 Å². The molecule has 0 unspecified atom stereocenters. The molecule has 0 saturated carbocycles. The number of aromatic nitrogens is 1. The molecule has 1 fully saturated rings. The summed E-state index contributed by atoms with van der Waals surface area (Å²) in [7, 11) is 0. The van der Waals surface area contributed by atoms with Gasteiger partial charge in [-0.05, 0) is 24.3 Å². The summed E-state index contributed by atoms with van der Waals surface area (Å²) in [4.78, 5) is 18.7. The summed E-state index contributed by atoms with van der Waals surface area (Å²) in [6.07, 6.45) is 1.19. The first-order valence-electron chi connectivity index (χ1n) is 8.24. The van der Waals surface area contributed by atoms with E-state index in [4.69, 9.17) is 28.2 Å². The number of piperidine rings is 1. The minimum Gasteiger partial charge on any atom is -0.370 e. The third-order valence-corrected chi connectivity index (χ3v) is 5.31. The summed E-state index contributed by atoms with van der Waals surface area (Å²) in [5, 5.41) is 2.14. The quantitative estimate of drug-likeness (QED) is 0.607. The highest BCUT2D eigenvalue weighted by atomic mass is 35.5. The van der Waals surface area contributed by atoms with Gasteiger partial charge in [-0.3, -0.25) is 4.79 Å². The van der Waals surface area contributed by atoms with Crippen molar-refractivity contribution in [2.75, 3.05) is 18.0 Å². The maximum absolute atomic E-state index is 11.6. The molecule has 3 nitrogen and oxygen atoms in total.